The fourth-order valence-electron chi connectivity index (χ4n) is 3.44. The van der Waals surface area contributed by atoms with Crippen molar-refractivity contribution in [2.75, 3.05) is 19.8 Å². The molecule has 0 fully saturated rings. The highest BCUT2D eigenvalue weighted by Crippen LogP contribution is 2.32. The zero-order chi connectivity index (χ0) is 24.0. The molecule has 6 nitrogen and oxygen atoms in total. The summed E-state index contributed by atoms with van der Waals surface area (Å²) in [7, 11) is 0. The lowest BCUT2D eigenvalue weighted by molar-refractivity contribution is 0.0131. The Hall–Kier alpha value is -2.81. The molecule has 0 radical (unpaired) electrons. The van der Waals surface area contributed by atoms with Gasteiger partial charge in [-0.05, 0) is 76.2 Å². The molecule has 1 aromatic heterocycles. The smallest absolute Gasteiger partial charge is 0.227 e. The maximum atomic E-state index is 13.5. The molecular weight excluding hydrogens is 428 g/mol. The van der Waals surface area contributed by atoms with Gasteiger partial charge in [0.15, 0.2) is 0 Å². The number of benzene rings is 2. The third-order valence-electron chi connectivity index (χ3n) is 5.29. The summed E-state index contributed by atoms with van der Waals surface area (Å²) < 4.78 is 40.1. The van der Waals surface area contributed by atoms with Crippen LogP contribution in [0.1, 0.15) is 32.0 Å². The molecule has 0 amide bonds. The van der Waals surface area contributed by atoms with Crippen molar-refractivity contribution < 1.29 is 23.4 Å². The lowest BCUT2D eigenvalue weighted by Gasteiger charge is -2.29. The summed E-state index contributed by atoms with van der Waals surface area (Å²) in [5.74, 6) is 0.197. The number of hydrogen-bond donors (Lipinski definition) is 1. The van der Waals surface area contributed by atoms with Crippen LogP contribution >= 0.6 is 0 Å². The molecule has 0 saturated heterocycles. The minimum atomic E-state index is -0.638. The Morgan fingerprint density at radius 2 is 1.64 bits per heavy atom. The minimum absolute atomic E-state index is 0.133. The van der Waals surface area contributed by atoms with E-state index in [-0.39, 0.29) is 24.3 Å². The number of aliphatic hydroxyl groups excluding tert-OH is 1. The first kappa shape index (κ1) is 24.8. The van der Waals surface area contributed by atoms with Crippen LogP contribution < -0.4 is 4.74 Å². The van der Waals surface area contributed by atoms with Crippen LogP contribution in [0.2, 0.25) is 0 Å². The molecule has 0 saturated carbocycles. The van der Waals surface area contributed by atoms with Crippen molar-refractivity contribution in [3.05, 3.63) is 71.4 Å². The van der Waals surface area contributed by atoms with E-state index in [4.69, 9.17) is 9.47 Å². The molecule has 1 N–H and O–H groups in total. The molecule has 8 heteroatoms. The lowest BCUT2D eigenvalue weighted by Crippen LogP contribution is -2.39. The highest BCUT2D eigenvalue weighted by molar-refractivity contribution is 5.43. The van der Waals surface area contributed by atoms with E-state index in [1.165, 1.54) is 24.3 Å². The van der Waals surface area contributed by atoms with Crippen LogP contribution in [-0.4, -0.2) is 51.7 Å². The predicted molar refractivity (Wildman–Crippen MR) is 123 cm³/mol. The van der Waals surface area contributed by atoms with E-state index >= 15 is 0 Å². The molecule has 0 aliphatic heterocycles. The Bertz CT molecular complexity index is 1020. The zero-order valence-electron chi connectivity index (χ0n) is 19.5. The third-order valence-corrected chi connectivity index (χ3v) is 5.29. The van der Waals surface area contributed by atoms with Crippen LogP contribution in [0, 0.1) is 18.6 Å². The maximum Gasteiger partial charge on any atom is 0.227 e. The van der Waals surface area contributed by atoms with Crippen molar-refractivity contribution >= 4 is 0 Å². The van der Waals surface area contributed by atoms with Crippen LogP contribution in [0.5, 0.6) is 11.6 Å². The summed E-state index contributed by atoms with van der Waals surface area (Å²) in [6.07, 6.45) is -0.638. The molecule has 0 spiro atoms. The van der Waals surface area contributed by atoms with Gasteiger partial charge in [-0.1, -0.05) is 0 Å². The summed E-state index contributed by atoms with van der Waals surface area (Å²) in [5, 5.41) is 15.0. The van der Waals surface area contributed by atoms with Gasteiger partial charge in [-0.25, -0.2) is 13.5 Å². The molecule has 1 heterocycles. The van der Waals surface area contributed by atoms with E-state index < -0.39 is 6.10 Å². The Morgan fingerprint density at radius 3 is 2.21 bits per heavy atom. The van der Waals surface area contributed by atoms with Crippen LogP contribution in [0.4, 0.5) is 8.78 Å². The van der Waals surface area contributed by atoms with E-state index in [1.54, 1.807) is 28.9 Å². The van der Waals surface area contributed by atoms with Crippen molar-refractivity contribution in [1.29, 1.82) is 0 Å². The van der Waals surface area contributed by atoms with E-state index in [2.05, 4.69) is 10.00 Å². The number of aryl methyl sites for hydroxylation is 1. The summed E-state index contributed by atoms with van der Waals surface area (Å²) in [6, 6.07) is 11.8. The van der Waals surface area contributed by atoms with Crippen LogP contribution in [0.15, 0.2) is 48.5 Å². The number of aliphatic hydroxyl groups is 1. The normalized spacial score (nSPS) is 12.5. The molecule has 3 aromatic rings. The standard InChI is InChI=1S/C25H31F2N3O3/c1-5-32-16-22(31)14-29(17(2)3)15-24-18(4)28-30(21-10-6-19(26)7-11-21)25(24)33-23-12-8-20(27)9-13-23/h6-13,17,22,31H,5,14-16H2,1-4H3/t22-/m0/s1. The second-order valence-electron chi connectivity index (χ2n) is 8.15. The summed E-state index contributed by atoms with van der Waals surface area (Å²) >= 11 is 0. The quantitative estimate of drug-likeness (QED) is 0.444. The molecule has 178 valence electrons. The number of halogens is 2. The molecule has 0 bridgehead atoms. The van der Waals surface area contributed by atoms with Crippen LogP contribution in [0.25, 0.3) is 5.69 Å². The molecule has 1 atom stereocenters. The average molecular weight is 460 g/mol. The lowest BCUT2D eigenvalue weighted by atomic mass is 10.2. The van der Waals surface area contributed by atoms with Gasteiger partial charge >= 0.3 is 0 Å². The van der Waals surface area contributed by atoms with Gasteiger partial charge in [-0.3, -0.25) is 4.90 Å². The minimum Gasteiger partial charge on any atom is -0.439 e. The second-order valence-corrected chi connectivity index (χ2v) is 8.15. The first-order chi connectivity index (χ1) is 15.8. The first-order valence-electron chi connectivity index (χ1n) is 11.1. The van der Waals surface area contributed by atoms with E-state index in [9.17, 15) is 13.9 Å². The van der Waals surface area contributed by atoms with E-state index in [0.29, 0.717) is 37.0 Å². The predicted octanol–water partition coefficient (Wildman–Crippen LogP) is 4.86. The van der Waals surface area contributed by atoms with Gasteiger partial charge in [0.05, 0.1) is 29.7 Å². The van der Waals surface area contributed by atoms with Crippen molar-refractivity contribution in [3.8, 4) is 17.3 Å². The molecule has 3 rings (SSSR count). The highest BCUT2D eigenvalue weighted by atomic mass is 19.1. The van der Waals surface area contributed by atoms with Crippen LogP contribution in [0.3, 0.4) is 0 Å². The number of rotatable bonds is 11. The van der Waals surface area contributed by atoms with Gasteiger partial charge in [-0.15, -0.1) is 0 Å². The Labute approximate surface area is 193 Å². The topological polar surface area (TPSA) is 59.8 Å². The molecule has 0 aliphatic carbocycles. The third kappa shape index (κ3) is 6.60. The largest absolute Gasteiger partial charge is 0.439 e. The zero-order valence-corrected chi connectivity index (χ0v) is 19.5. The number of ether oxygens (including phenoxy) is 2. The molecule has 2 aromatic carbocycles. The van der Waals surface area contributed by atoms with Crippen LogP contribution in [-0.2, 0) is 11.3 Å². The van der Waals surface area contributed by atoms with Crippen molar-refractivity contribution in [1.82, 2.24) is 14.7 Å². The average Bonchev–Trinajstić information content (AvgIpc) is 3.08. The van der Waals surface area contributed by atoms with Gasteiger partial charge in [-0.2, -0.15) is 5.10 Å². The SMILES string of the molecule is CCOC[C@@H](O)CN(Cc1c(C)nn(-c2ccc(F)cc2)c1Oc1ccc(F)cc1)C(C)C. The van der Waals surface area contributed by atoms with E-state index in [0.717, 1.165) is 11.3 Å². The Kier molecular flexibility index (Phi) is 8.55. The maximum absolute atomic E-state index is 13.5. The monoisotopic (exact) mass is 459 g/mol. The van der Waals surface area contributed by atoms with Gasteiger partial charge in [0.25, 0.3) is 0 Å². The van der Waals surface area contributed by atoms with Crippen molar-refractivity contribution in [2.24, 2.45) is 0 Å². The second kappa shape index (κ2) is 11.4. The summed E-state index contributed by atoms with van der Waals surface area (Å²) in [6.45, 7) is 9.53. The van der Waals surface area contributed by atoms with Gasteiger partial charge < -0.3 is 14.6 Å². The Morgan fingerprint density at radius 1 is 1.03 bits per heavy atom. The summed E-state index contributed by atoms with van der Waals surface area (Å²) in [4.78, 5) is 2.11. The van der Waals surface area contributed by atoms with Crippen molar-refractivity contribution in [3.63, 3.8) is 0 Å². The number of aromatic nitrogens is 2. The highest BCUT2D eigenvalue weighted by Gasteiger charge is 2.24. The van der Waals surface area contributed by atoms with Gasteiger partial charge in [0.2, 0.25) is 5.88 Å². The number of hydrogen-bond acceptors (Lipinski definition) is 5. The van der Waals surface area contributed by atoms with Gasteiger partial charge in [0, 0.05) is 25.7 Å². The fraction of sp³-hybridized carbons (Fsp3) is 0.400. The molecule has 0 aliphatic rings. The number of nitrogens with zero attached hydrogens (tertiary/aromatic N) is 3. The molecular formula is C25H31F2N3O3. The van der Waals surface area contributed by atoms with E-state index in [1.807, 2.05) is 27.7 Å². The van der Waals surface area contributed by atoms with Gasteiger partial charge in [0.1, 0.15) is 17.4 Å². The molecule has 33 heavy (non-hydrogen) atoms. The van der Waals surface area contributed by atoms with Crippen molar-refractivity contribution in [2.45, 2.75) is 46.4 Å². The summed E-state index contributed by atoms with van der Waals surface area (Å²) in [5.41, 5.74) is 2.19. The fourth-order valence-corrected chi connectivity index (χ4v) is 3.44. The Balaban J connectivity index is 1.98. The first-order valence-corrected chi connectivity index (χ1v) is 11.1. The molecule has 0 unspecified atom stereocenters.